The second-order valence-electron chi connectivity index (χ2n) is 4.45. The van der Waals surface area contributed by atoms with Gasteiger partial charge >= 0.3 is 5.97 Å². The van der Waals surface area contributed by atoms with Crippen molar-refractivity contribution in [1.29, 1.82) is 0 Å². The smallest absolute Gasteiger partial charge is 0.324 e. The lowest BCUT2D eigenvalue weighted by Gasteiger charge is -2.13. The Morgan fingerprint density at radius 2 is 1.55 bits per heavy atom. The number of fused-ring (bicyclic) bond motifs is 1. The van der Waals surface area contributed by atoms with E-state index in [-0.39, 0.29) is 26.7 Å². The molecule has 0 atom stereocenters. The number of nitrogens with zero attached hydrogens (tertiary/aromatic N) is 1. The fourth-order valence-corrected chi connectivity index (χ4v) is 2.40. The molecular formula is C15H7Cl2NO4. The van der Waals surface area contributed by atoms with Gasteiger partial charge in [0.25, 0.3) is 11.8 Å². The highest BCUT2D eigenvalue weighted by Crippen LogP contribution is 2.25. The minimum atomic E-state index is -0.943. The van der Waals surface area contributed by atoms with Crippen molar-refractivity contribution >= 4 is 41.0 Å². The Bertz CT molecular complexity index is 784. The van der Waals surface area contributed by atoms with Crippen molar-refractivity contribution in [1.82, 2.24) is 5.06 Å². The molecular weight excluding hydrogens is 329 g/mol. The van der Waals surface area contributed by atoms with Crippen LogP contribution in [0.3, 0.4) is 0 Å². The van der Waals surface area contributed by atoms with E-state index in [1.54, 1.807) is 12.1 Å². The molecule has 2 aromatic carbocycles. The van der Waals surface area contributed by atoms with Crippen LogP contribution in [0.2, 0.25) is 10.0 Å². The van der Waals surface area contributed by atoms with Gasteiger partial charge in [-0.1, -0.05) is 40.4 Å². The minimum absolute atomic E-state index is 0.0364. The zero-order valence-corrected chi connectivity index (χ0v) is 12.4. The van der Waals surface area contributed by atoms with Gasteiger partial charge in [-0.15, -0.1) is 0 Å². The molecule has 0 N–H and O–H groups in total. The van der Waals surface area contributed by atoms with Crippen molar-refractivity contribution in [3.05, 3.63) is 69.2 Å². The SMILES string of the molecule is O=C(ON1C(=O)c2ccccc2C1=O)c1cc(Cl)ccc1Cl. The standard InChI is InChI=1S/C15H7Cl2NO4/c16-8-5-6-12(17)11(7-8)15(21)22-18-13(19)9-3-1-2-4-10(9)14(18)20/h1-7H. The fourth-order valence-electron chi connectivity index (χ4n) is 2.04. The highest BCUT2D eigenvalue weighted by atomic mass is 35.5. The Balaban J connectivity index is 1.89. The van der Waals surface area contributed by atoms with E-state index in [4.69, 9.17) is 28.0 Å². The summed E-state index contributed by atoms with van der Waals surface area (Å²) in [6.45, 7) is 0. The number of rotatable bonds is 2. The molecule has 0 bridgehead atoms. The summed E-state index contributed by atoms with van der Waals surface area (Å²) in [4.78, 5) is 41.2. The Kier molecular flexibility index (Phi) is 3.60. The third-order valence-corrected chi connectivity index (χ3v) is 3.64. The normalized spacial score (nSPS) is 13.3. The molecule has 22 heavy (non-hydrogen) atoms. The molecule has 0 fully saturated rings. The maximum absolute atomic E-state index is 12.1. The Labute approximate surface area is 134 Å². The Morgan fingerprint density at radius 3 is 2.14 bits per heavy atom. The van der Waals surface area contributed by atoms with E-state index in [1.807, 2.05) is 0 Å². The fraction of sp³-hybridized carbons (Fsp3) is 0. The summed E-state index contributed by atoms with van der Waals surface area (Å²) < 4.78 is 0. The van der Waals surface area contributed by atoms with Crippen LogP contribution >= 0.6 is 23.2 Å². The van der Waals surface area contributed by atoms with Crippen LogP contribution in [0.25, 0.3) is 0 Å². The molecule has 5 nitrogen and oxygen atoms in total. The summed E-state index contributed by atoms with van der Waals surface area (Å²) in [5, 5.41) is 0.800. The molecule has 7 heteroatoms. The van der Waals surface area contributed by atoms with Crippen LogP contribution in [-0.2, 0) is 4.84 Å². The van der Waals surface area contributed by atoms with Gasteiger partial charge in [-0.3, -0.25) is 9.59 Å². The second-order valence-corrected chi connectivity index (χ2v) is 5.30. The van der Waals surface area contributed by atoms with Crippen molar-refractivity contribution in [3.8, 4) is 0 Å². The number of carbonyl (C=O) groups excluding carboxylic acids is 3. The number of benzene rings is 2. The molecule has 1 aliphatic heterocycles. The van der Waals surface area contributed by atoms with Crippen molar-refractivity contribution in [3.63, 3.8) is 0 Å². The quantitative estimate of drug-likeness (QED) is 0.789. The van der Waals surface area contributed by atoms with E-state index in [2.05, 4.69) is 0 Å². The number of amides is 2. The summed E-state index contributed by atoms with van der Waals surface area (Å²) in [5.41, 5.74) is 0.320. The molecule has 3 rings (SSSR count). The van der Waals surface area contributed by atoms with Gasteiger partial charge in [-0.2, -0.15) is 0 Å². The van der Waals surface area contributed by atoms with Crippen molar-refractivity contribution < 1.29 is 19.2 Å². The molecule has 2 amide bonds. The lowest BCUT2D eigenvalue weighted by Crippen LogP contribution is -2.32. The third-order valence-electron chi connectivity index (χ3n) is 3.08. The second kappa shape index (κ2) is 5.44. The van der Waals surface area contributed by atoms with Crippen LogP contribution < -0.4 is 0 Å². The predicted molar refractivity (Wildman–Crippen MR) is 78.8 cm³/mol. The van der Waals surface area contributed by atoms with Crippen LogP contribution in [0, 0.1) is 0 Å². The summed E-state index contributed by atoms with van der Waals surface area (Å²) in [6, 6.07) is 10.4. The lowest BCUT2D eigenvalue weighted by atomic mass is 10.1. The number of hydroxylamine groups is 2. The number of halogens is 2. The minimum Gasteiger partial charge on any atom is -0.324 e. The van der Waals surface area contributed by atoms with Gasteiger partial charge in [-0.25, -0.2) is 4.79 Å². The topological polar surface area (TPSA) is 63.7 Å². The Morgan fingerprint density at radius 1 is 0.955 bits per heavy atom. The van der Waals surface area contributed by atoms with Crippen LogP contribution in [-0.4, -0.2) is 22.8 Å². The number of hydrogen-bond donors (Lipinski definition) is 0. The van der Waals surface area contributed by atoms with E-state index in [0.717, 1.165) is 0 Å². The van der Waals surface area contributed by atoms with Crippen LogP contribution in [0.15, 0.2) is 42.5 Å². The van der Waals surface area contributed by atoms with Crippen molar-refractivity contribution in [2.24, 2.45) is 0 Å². The molecule has 0 saturated carbocycles. The molecule has 0 saturated heterocycles. The van der Waals surface area contributed by atoms with Gasteiger partial charge in [0.15, 0.2) is 0 Å². The number of carbonyl (C=O) groups is 3. The molecule has 0 aliphatic carbocycles. The van der Waals surface area contributed by atoms with Crippen molar-refractivity contribution in [2.45, 2.75) is 0 Å². The molecule has 2 aromatic rings. The first-order chi connectivity index (χ1) is 10.5. The van der Waals surface area contributed by atoms with E-state index in [9.17, 15) is 14.4 Å². The molecule has 110 valence electrons. The molecule has 0 spiro atoms. The van der Waals surface area contributed by atoms with Gasteiger partial charge in [0.2, 0.25) is 0 Å². The molecule has 0 unspecified atom stereocenters. The maximum Gasteiger partial charge on any atom is 0.365 e. The van der Waals surface area contributed by atoms with Crippen LogP contribution in [0.1, 0.15) is 31.1 Å². The van der Waals surface area contributed by atoms with E-state index in [0.29, 0.717) is 5.06 Å². The lowest BCUT2D eigenvalue weighted by molar-refractivity contribution is -0.0584. The van der Waals surface area contributed by atoms with Crippen molar-refractivity contribution in [2.75, 3.05) is 0 Å². The van der Waals surface area contributed by atoms with Crippen LogP contribution in [0.5, 0.6) is 0 Å². The largest absolute Gasteiger partial charge is 0.365 e. The molecule has 1 aliphatic rings. The molecule has 1 heterocycles. The van der Waals surface area contributed by atoms with Gasteiger partial charge in [0, 0.05) is 5.02 Å². The highest BCUT2D eigenvalue weighted by molar-refractivity contribution is 6.35. The highest BCUT2D eigenvalue weighted by Gasteiger charge is 2.39. The average Bonchev–Trinajstić information content (AvgIpc) is 2.75. The van der Waals surface area contributed by atoms with Gasteiger partial charge in [0.05, 0.1) is 21.7 Å². The number of imide groups is 1. The van der Waals surface area contributed by atoms with E-state index < -0.39 is 17.8 Å². The average molecular weight is 336 g/mol. The summed E-state index contributed by atoms with van der Waals surface area (Å²) in [5.74, 6) is -2.35. The molecule has 0 radical (unpaired) electrons. The number of hydrogen-bond acceptors (Lipinski definition) is 4. The zero-order valence-electron chi connectivity index (χ0n) is 10.9. The first-order valence-electron chi connectivity index (χ1n) is 6.14. The summed E-state index contributed by atoms with van der Waals surface area (Å²) >= 11 is 11.7. The van der Waals surface area contributed by atoms with Crippen LogP contribution in [0.4, 0.5) is 0 Å². The molecule has 0 aromatic heterocycles. The first-order valence-corrected chi connectivity index (χ1v) is 6.90. The van der Waals surface area contributed by atoms with E-state index >= 15 is 0 Å². The Hall–Kier alpha value is -2.37. The van der Waals surface area contributed by atoms with Gasteiger partial charge in [0.1, 0.15) is 0 Å². The summed E-state index contributed by atoms with van der Waals surface area (Å²) in [7, 11) is 0. The maximum atomic E-state index is 12.1. The summed E-state index contributed by atoms with van der Waals surface area (Å²) in [6.07, 6.45) is 0. The zero-order chi connectivity index (χ0) is 15.9. The van der Waals surface area contributed by atoms with Gasteiger partial charge in [-0.05, 0) is 30.3 Å². The van der Waals surface area contributed by atoms with E-state index in [1.165, 1.54) is 30.3 Å². The predicted octanol–water partition coefficient (Wildman–Crippen LogP) is 3.36. The first kappa shape index (κ1) is 14.6. The monoisotopic (exact) mass is 335 g/mol. The third kappa shape index (κ3) is 2.34. The van der Waals surface area contributed by atoms with Gasteiger partial charge < -0.3 is 4.84 Å².